The van der Waals surface area contributed by atoms with Crippen LogP contribution in [0.3, 0.4) is 0 Å². The molecule has 28 heavy (non-hydrogen) atoms. The van der Waals surface area contributed by atoms with E-state index in [9.17, 15) is 4.79 Å². The van der Waals surface area contributed by atoms with E-state index in [0.29, 0.717) is 29.9 Å². The number of anilines is 1. The molecule has 1 N–H and O–H groups in total. The van der Waals surface area contributed by atoms with Crippen LogP contribution in [0, 0.1) is 11.8 Å². The Morgan fingerprint density at radius 1 is 1.18 bits per heavy atom. The van der Waals surface area contributed by atoms with Crippen molar-refractivity contribution in [3.05, 3.63) is 71.3 Å². The Hall–Kier alpha value is -2.75. The smallest absolute Gasteiger partial charge is 0.339 e. The number of rotatable bonds is 5. The summed E-state index contributed by atoms with van der Waals surface area (Å²) in [5.41, 5.74) is 3.88. The van der Waals surface area contributed by atoms with Crippen molar-refractivity contribution in [3.8, 4) is 5.75 Å². The van der Waals surface area contributed by atoms with Crippen molar-refractivity contribution in [2.75, 3.05) is 19.0 Å². The highest BCUT2D eigenvalue weighted by Crippen LogP contribution is 2.50. The largest absolute Gasteiger partial charge is 0.493 e. The molecule has 146 valence electrons. The zero-order valence-corrected chi connectivity index (χ0v) is 16.6. The van der Waals surface area contributed by atoms with Gasteiger partial charge in [0.05, 0.1) is 31.0 Å². The van der Waals surface area contributed by atoms with Gasteiger partial charge < -0.3 is 14.8 Å². The first-order chi connectivity index (χ1) is 13.6. The molecule has 4 heteroatoms. The lowest BCUT2D eigenvalue weighted by molar-refractivity contribution is 0.0601. The summed E-state index contributed by atoms with van der Waals surface area (Å²) in [4.78, 5) is 12.3. The number of esters is 1. The zero-order chi connectivity index (χ0) is 19.7. The molecule has 3 atom stereocenters. The number of nitrogens with one attached hydrogen (secondary N) is 1. The number of carbonyl (C=O) groups is 1. The monoisotopic (exact) mass is 377 g/mol. The number of methoxy groups -OCH3 is 1. The number of carbonyl (C=O) groups excluding carboxylic acids is 1. The van der Waals surface area contributed by atoms with Crippen LogP contribution < -0.4 is 10.1 Å². The summed E-state index contributed by atoms with van der Waals surface area (Å²) in [5.74, 6) is 1.83. The van der Waals surface area contributed by atoms with Gasteiger partial charge in [0.1, 0.15) is 5.75 Å². The molecule has 2 aromatic carbocycles. The van der Waals surface area contributed by atoms with E-state index in [1.54, 1.807) is 0 Å². The summed E-state index contributed by atoms with van der Waals surface area (Å²) in [6, 6.07) is 14.4. The maximum absolute atomic E-state index is 12.3. The van der Waals surface area contributed by atoms with E-state index in [2.05, 4.69) is 49.5 Å². The molecule has 4 nitrogen and oxygen atoms in total. The quantitative estimate of drug-likeness (QED) is 0.565. The van der Waals surface area contributed by atoms with E-state index in [1.807, 2.05) is 24.3 Å². The molecule has 2 aliphatic rings. The van der Waals surface area contributed by atoms with Gasteiger partial charge in [-0.25, -0.2) is 4.79 Å². The third-order valence-corrected chi connectivity index (χ3v) is 5.62. The molecule has 0 unspecified atom stereocenters. The average molecular weight is 377 g/mol. The van der Waals surface area contributed by atoms with Crippen LogP contribution in [0.25, 0.3) is 0 Å². The lowest BCUT2D eigenvalue weighted by atomic mass is 9.76. The molecule has 0 bridgehead atoms. The minimum absolute atomic E-state index is 0.137. The Bertz CT molecular complexity index is 885. The number of benzene rings is 2. The number of ether oxygens (including phenoxy) is 2. The second-order valence-corrected chi connectivity index (χ2v) is 8.01. The molecular weight excluding hydrogens is 350 g/mol. The topological polar surface area (TPSA) is 47.6 Å². The van der Waals surface area contributed by atoms with Crippen LogP contribution in [0.5, 0.6) is 5.75 Å². The van der Waals surface area contributed by atoms with Crippen molar-refractivity contribution in [1.29, 1.82) is 0 Å². The van der Waals surface area contributed by atoms with Gasteiger partial charge in [-0.3, -0.25) is 0 Å². The normalized spacial score (nSPS) is 22.4. The molecule has 0 radical (unpaired) electrons. The SMILES string of the molecule is COC(=O)c1cccc2c1N[C@@H](c1ccc(OCC(C)C)cc1)[C@H]1CC=C[C@@H]21. The molecule has 0 spiro atoms. The Morgan fingerprint density at radius 2 is 1.96 bits per heavy atom. The summed E-state index contributed by atoms with van der Waals surface area (Å²) < 4.78 is 10.8. The highest BCUT2D eigenvalue weighted by Gasteiger charge is 2.39. The number of allylic oxidation sites excluding steroid dienone is 2. The second kappa shape index (κ2) is 7.70. The van der Waals surface area contributed by atoms with E-state index in [0.717, 1.165) is 17.9 Å². The number of para-hydroxylation sites is 1. The predicted octanol–water partition coefficient (Wildman–Crippen LogP) is 5.33. The highest BCUT2D eigenvalue weighted by molar-refractivity contribution is 5.97. The van der Waals surface area contributed by atoms with Crippen LogP contribution in [-0.2, 0) is 4.74 Å². The Labute approximate surface area is 166 Å². The summed E-state index contributed by atoms with van der Waals surface area (Å²) >= 11 is 0. The van der Waals surface area contributed by atoms with Gasteiger partial charge in [-0.2, -0.15) is 0 Å². The van der Waals surface area contributed by atoms with Crippen molar-refractivity contribution >= 4 is 11.7 Å². The van der Waals surface area contributed by atoms with Crippen LogP contribution in [0.4, 0.5) is 5.69 Å². The van der Waals surface area contributed by atoms with E-state index in [1.165, 1.54) is 18.2 Å². The molecule has 0 saturated carbocycles. The number of hydrogen-bond donors (Lipinski definition) is 1. The van der Waals surface area contributed by atoms with E-state index in [-0.39, 0.29) is 12.0 Å². The van der Waals surface area contributed by atoms with Gasteiger partial charge >= 0.3 is 5.97 Å². The van der Waals surface area contributed by atoms with Crippen LogP contribution in [0.2, 0.25) is 0 Å². The summed E-state index contributed by atoms with van der Waals surface area (Å²) in [6.45, 7) is 5.00. The Balaban J connectivity index is 1.66. The third-order valence-electron chi connectivity index (χ3n) is 5.62. The maximum Gasteiger partial charge on any atom is 0.339 e. The fourth-order valence-corrected chi connectivity index (χ4v) is 4.27. The second-order valence-electron chi connectivity index (χ2n) is 8.01. The summed E-state index contributed by atoms with van der Waals surface area (Å²) in [6.07, 6.45) is 5.55. The summed E-state index contributed by atoms with van der Waals surface area (Å²) in [5, 5.41) is 3.66. The molecule has 0 fully saturated rings. The van der Waals surface area contributed by atoms with E-state index < -0.39 is 0 Å². The van der Waals surface area contributed by atoms with Gasteiger partial charge in [0, 0.05) is 5.92 Å². The lowest BCUT2D eigenvalue weighted by Crippen LogP contribution is -2.30. The number of hydrogen-bond acceptors (Lipinski definition) is 4. The lowest BCUT2D eigenvalue weighted by Gasteiger charge is -2.38. The van der Waals surface area contributed by atoms with Crippen molar-refractivity contribution in [2.45, 2.75) is 32.2 Å². The minimum atomic E-state index is -0.305. The van der Waals surface area contributed by atoms with E-state index >= 15 is 0 Å². The van der Waals surface area contributed by atoms with Crippen LogP contribution >= 0.6 is 0 Å². The first-order valence-corrected chi connectivity index (χ1v) is 9.95. The predicted molar refractivity (Wildman–Crippen MR) is 111 cm³/mol. The van der Waals surface area contributed by atoms with Crippen LogP contribution in [-0.4, -0.2) is 19.7 Å². The van der Waals surface area contributed by atoms with Gasteiger partial charge in [-0.15, -0.1) is 0 Å². The molecule has 0 saturated heterocycles. The Morgan fingerprint density at radius 3 is 2.68 bits per heavy atom. The molecule has 2 aromatic rings. The van der Waals surface area contributed by atoms with Gasteiger partial charge in [-0.1, -0.05) is 50.3 Å². The standard InChI is InChI=1S/C24H27NO3/c1-15(2)14-28-17-12-10-16(11-13-17)22-19-7-4-6-18(19)20-8-5-9-21(23(20)25-22)24(26)27-3/h4-6,8-13,15,18-19,22,25H,7,14H2,1-3H3/t18-,19+,22+/m1/s1. The molecule has 0 aromatic heterocycles. The van der Waals surface area contributed by atoms with Gasteiger partial charge in [0.2, 0.25) is 0 Å². The van der Waals surface area contributed by atoms with Gasteiger partial charge in [0.15, 0.2) is 0 Å². The van der Waals surface area contributed by atoms with Crippen molar-refractivity contribution < 1.29 is 14.3 Å². The molecular formula is C24H27NO3. The average Bonchev–Trinajstić information content (AvgIpc) is 3.21. The Kier molecular flexibility index (Phi) is 5.12. The highest BCUT2D eigenvalue weighted by atomic mass is 16.5. The molecule has 1 aliphatic carbocycles. The molecule has 1 aliphatic heterocycles. The first-order valence-electron chi connectivity index (χ1n) is 9.95. The summed E-state index contributed by atoms with van der Waals surface area (Å²) in [7, 11) is 1.43. The van der Waals surface area contributed by atoms with Crippen molar-refractivity contribution in [2.24, 2.45) is 11.8 Å². The first kappa shape index (κ1) is 18.6. The zero-order valence-electron chi connectivity index (χ0n) is 16.6. The van der Waals surface area contributed by atoms with Crippen LogP contribution in [0.1, 0.15) is 53.7 Å². The molecule has 1 heterocycles. The van der Waals surface area contributed by atoms with Crippen LogP contribution in [0.15, 0.2) is 54.6 Å². The third kappa shape index (κ3) is 3.39. The number of fused-ring (bicyclic) bond motifs is 3. The minimum Gasteiger partial charge on any atom is -0.493 e. The van der Waals surface area contributed by atoms with Gasteiger partial charge in [-0.05, 0) is 47.6 Å². The fraction of sp³-hybridized carbons (Fsp3) is 0.375. The fourth-order valence-electron chi connectivity index (χ4n) is 4.27. The van der Waals surface area contributed by atoms with Gasteiger partial charge in [0.25, 0.3) is 0 Å². The van der Waals surface area contributed by atoms with E-state index in [4.69, 9.17) is 9.47 Å². The van der Waals surface area contributed by atoms with Crippen molar-refractivity contribution in [3.63, 3.8) is 0 Å². The molecule has 4 rings (SSSR count). The molecule has 0 amide bonds. The maximum atomic E-state index is 12.3. The van der Waals surface area contributed by atoms with Crippen molar-refractivity contribution in [1.82, 2.24) is 0 Å².